The Morgan fingerprint density at radius 2 is 2.00 bits per heavy atom. The van der Waals surface area contributed by atoms with Gasteiger partial charge in [-0.15, -0.1) is 0 Å². The maximum Gasteiger partial charge on any atom is 0.00749 e. The zero-order chi connectivity index (χ0) is 19.1. The fraction of sp³-hybridized carbons (Fsp3) is 0.833. The lowest BCUT2D eigenvalue weighted by Gasteiger charge is -2.40. The van der Waals surface area contributed by atoms with Crippen LogP contribution in [0.4, 0.5) is 0 Å². The van der Waals surface area contributed by atoms with Crippen LogP contribution in [0.25, 0.3) is 0 Å². The van der Waals surface area contributed by atoms with Crippen molar-refractivity contribution in [3.05, 3.63) is 24.3 Å². The summed E-state index contributed by atoms with van der Waals surface area (Å²) in [5.41, 5.74) is 2.27. The topological polar surface area (TPSA) is 12.0 Å². The predicted molar refractivity (Wildman–Crippen MR) is 114 cm³/mol. The van der Waals surface area contributed by atoms with Gasteiger partial charge in [-0.25, -0.2) is 0 Å². The van der Waals surface area contributed by atoms with Crippen molar-refractivity contribution in [1.82, 2.24) is 5.32 Å². The third-order valence-electron chi connectivity index (χ3n) is 6.36. The Morgan fingerprint density at radius 3 is 2.60 bits per heavy atom. The van der Waals surface area contributed by atoms with E-state index in [4.69, 9.17) is 0 Å². The largest absolute Gasteiger partial charge is 0.317 e. The molecule has 0 aromatic carbocycles. The molecule has 0 bridgehead atoms. The molecular weight excluding hydrogens is 302 g/mol. The van der Waals surface area contributed by atoms with E-state index in [1.165, 1.54) is 56.9 Å². The Bertz CT molecular complexity index is 429. The van der Waals surface area contributed by atoms with Crippen LogP contribution in [-0.4, -0.2) is 13.1 Å². The number of nitrogens with one attached hydrogen (secondary N) is 1. The molecule has 1 rings (SSSR count). The van der Waals surface area contributed by atoms with Crippen LogP contribution in [0.15, 0.2) is 24.3 Å². The van der Waals surface area contributed by atoms with Crippen LogP contribution in [0.1, 0.15) is 92.9 Å². The fourth-order valence-corrected chi connectivity index (χ4v) is 4.57. The van der Waals surface area contributed by atoms with Gasteiger partial charge in [-0.1, -0.05) is 78.7 Å². The van der Waals surface area contributed by atoms with Crippen LogP contribution in [0.5, 0.6) is 0 Å². The van der Waals surface area contributed by atoms with Gasteiger partial charge in [0, 0.05) is 6.04 Å². The van der Waals surface area contributed by atoms with Crippen LogP contribution in [0.3, 0.4) is 0 Å². The van der Waals surface area contributed by atoms with Crippen molar-refractivity contribution in [2.45, 2.75) is 99.0 Å². The molecule has 0 aromatic rings. The summed E-state index contributed by atoms with van der Waals surface area (Å²) in [6.45, 7) is 18.7. The molecule has 1 N–H and O–H groups in total. The molecule has 1 aliphatic carbocycles. The van der Waals surface area contributed by atoms with Crippen molar-refractivity contribution < 1.29 is 0 Å². The molecule has 1 heteroatoms. The number of unbranched alkanes of at least 4 members (excludes halogenated alkanes) is 1. The van der Waals surface area contributed by atoms with Crippen molar-refractivity contribution in [3.63, 3.8) is 0 Å². The van der Waals surface area contributed by atoms with E-state index in [1.807, 2.05) is 0 Å². The van der Waals surface area contributed by atoms with Crippen molar-refractivity contribution in [1.29, 1.82) is 0 Å². The molecule has 1 nitrogen and oxygen atoms in total. The van der Waals surface area contributed by atoms with Crippen molar-refractivity contribution in [2.24, 2.45) is 22.7 Å². The third-order valence-corrected chi connectivity index (χ3v) is 6.36. The van der Waals surface area contributed by atoms with Crippen LogP contribution < -0.4 is 5.32 Å². The Balaban J connectivity index is 2.35. The Labute approximate surface area is 158 Å². The molecule has 0 saturated heterocycles. The van der Waals surface area contributed by atoms with Gasteiger partial charge < -0.3 is 5.32 Å². The van der Waals surface area contributed by atoms with Gasteiger partial charge in [0.25, 0.3) is 0 Å². The van der Waals surface area contributed by atoms with E-state index < -0.39 is 0 Å². The van der Waals surface area contributed by atoms with E-state index >= 15 is 0 Å². The SMILES string of the molecule is C=C(/C=C/CCC[C@H](C)CC(C)(C)CC)C1CC(NC)CC(C)(C)C1. The Hall–Kier alpha value is -0.560. The molecule has 0 radical (unpaired) electrons. The molecule has 0 spiro atoms. The summed E-state index contributed by atoms with van der Waals surface area (Å²) in [6.07, 6.45) is 15.0. The highest BCUT2D eigenvalue weighted by Crippen LogP contribution is 2.41. The molecule has 25 heavy (non-hydrogen) atoms. The molecule has 0 aromatic heterocycles. The lowest BCUT2D eigenvalue weighted by molar-refractivity contribution is 0.165. The molecule has 3 atom stereocenters. The van der Waals surface area contributed by atoms with Crippen molar-refractivity contribution in [2.75, 3.05) is 7.05 Å². The van der Waals surface area contributed by atoms with Gasteiger partial charge in [-0.05, 0) is 68.2 Å². The summed E-state index contributed by atoms with van der Waals surface area (Å²) < 4.78 is 0. The van der Waals surface area contributed by atoms with Crippen molar-refractivity contribution >= 4 is 0 Å². The van der Waals surface area contributed by atoms with Crippen LogP contribution in [-0.2, 0) is 0 Å². The van der Waals surface area contributed by atoms with E-state index in [0.717, 1.165) is 5.92 Å². The van der Waals surface area contributed by atoms with E-state index in [0.29, 0.717) is 22.8 Å². The second-order valence-corrected chi connectivity index (χ2v) is 10.2. The van der Waals surface area contributed by atoms with E-state index in [-0.39, 0.29) is 0 Å². The minimum atomic E-state index is 0.425. The number of allylic oxidation sites excluding steroid dienone is 3. The molecule has 1 fully saturated rings. The molecule has 2 unspecified atom stereocenters. The first-order valence-electron chi connectivity index (χ1n) is 10.6. The standard InChI is InChI=1S/C24H45N/c1-9-23(4,5)16-19(2)13-11-10-12-14-20(3)21-15-22(25-8)18-24(6,7)17-21/h12,14,19,21-22,25H,3,9-11,13,15-18H2,1-2,4-8H3/b14-12+/t19-,21?,22?/m0/s1. The second-order valence-electron chi connectivity index (χ2n) is 10.2. The number of hydrogen-bond donors (Lipinski definition) is 1. The highest BCUT2D eigenvalue weighted by atomic mass is 14.9. The highest BCUT2D eigenvalue weighted by molar-refractivity contribution is 5.19. The first-order valence-corrected chi connectivity index (χ1v) is 10.6. The number of hydrogen-bond acceptors (Lipinski definition) is 1. The maximum absolute atomic E-state index is 4.39. The lowest BCUT2D eigenvalue weighted by atomic mass is 9.68. The van der Waals surface area contributed by atoms with Gasteiger partial charge in [0.2, 0.25) is 0 Å². The smallest absolute Gasteiger partial charge is 0.00749 e. The molecule has 1 saturated carbocycles. The average Bonchev–Trinajstić information content (AvgIpc) is 2.52. The van der Waals surface area contributed by atoms with Gasteiger partial charge in [-0.2, -0.15) is 0 Å². The number of rotatable bonds is 10. The highest BCUT2D eigenvalue weighted by Gasteiger charge is 2.33. The van der Waals surface area contributed by atoms with Crippen molar-refractivity contribution in [3.8, 4) is 0 Å². The Morgan fingerprint density at radius 1 is 1.32 bits per heavy atom. The molecular formula is C24H45N. The fourth-order valence-electron chi connectivity index (χ4n) is 4.57. The summed E-state index contributed by atoms with van der Waals surface area (Å²) >= 11 is 0. The molecule has 0 amide bonds. The summed E-state index contributed by atoms with van der Waals surface area (Å²) in [6, 6.07) is 0.640. The minimum absolute atomic E-state index is 0.425. The monoisotopic (exact) mass is 347 g/mol. The quantitative estimate of drug-likeness (QED) is 0.327. The Kier molecular flexibility index (Phi) is 8.95. The summed E-state index contributed by atoms with van der Waals surface area (Å²) in [5, 5.41) is 3.49. The van der Waals surface area contributed by atoms with E-state index in [1.54, 1.807) is 0 Å². The normalized spacial score (nSPS) is 25.2. The summed E-state index contributed by atoms with van der Waals surface area (Å²) in [4.78, 5) is 0. The first kappa shape index (κ1) is 22.5. The molecule has 1 aliphatic rings. The summed E-state index contributed by atoms with van der Waals surface area (Å²) in [7, 11) is 2.10. The van der Waals surface area contributed by atoms with Crippen LogP contribution in [0, 0.1) is 22.7 Å². The van der Waals surface area contributed by atoms with Crippen LogP contribution in [0.2, 0.25) is 0 Å². The summed E-state index contributed by atoms with van der Waals surface area (Å²) in [5.74, 6) is 1.48. The van der Waals surface area contributed by atoms with Gasteiger partial charge in [0.1, 0.15) is 0 Å². The van der Waals surface area contributed by atoms with Gasteiger partial charge in [-0.3, -0.25) is 0 Å². The van der Waals surface area contributed by atoms with Gasteiger partial charge in [0.15, 0.2) is 0 Å². The van der Waals surface area contributed by atoms with Gasteiger partial charge in [0.05, 0.1) is 0 Å². The van der Waals surface area contributed by atoms with Gasteiger partial charge >= 0.3 is 0 Å². The second kappa shape index (κ2) is 9.95. The lowest BCUT2D eigenvalue weighted by Crippen LogP contribution is -2.39. The molecule has 146 valence electrons. The van der Waals surface area contributed by atoms with E-state index in [2.05, 4.69) is 72.6 Å². The van der Waals surface area contributed by atoms with E-state index in [9.17, 15) is 0 Å². The zero-order valence-electron chi connectivity index (χ0n) is 18.3. The average molecular weight is 348 g/mol. The molecule has 0 heterocycles. The van der Waals surface area contributed by atoms with Crippen LogP contribution >= 0.6 is 0 Å². The predicted octanol–water partition coefficient (Wildman–Crippen LogP) is 7.15. The zero-order valence-corrected chi connectivity index (χ0v) is 18.3. The first-order chi connectivity index (χ1) is 11.6. The maximum atomic E-state index is 4.39. The third kappa shape index (κ3) is 8.58. The molecule has 0 aliphatic heterocycles. The minimum Gasteiger partial charge on any atom is -0.317 e.